The van der Waals surface area contributed by atoms with Gasteiger partial charge in [-0.25, -0.2) is 9.59 Å². The van der Waals surface area contributed by atoms with Crippen LogP contribution < -0.4 is 27.6 Å². The van der Waals surface area contributed by atoms with E-state index in [-0.39, 0.29) is 5.92 Å². The largest absolute Gasteiger partial charge is 0.494 e. The molecule has 11 nitrogen and oxygen atoms in total. The van der Waals surface area contributed by atoms with Crippen molar-refractivity contribution in [3.8, 4) is 5.88 Å². The van der Waals surface area contributed by atoms with E-state index in [4.69, 9.17) is 11.1 Å². The lowest BCUT2D eigenvalue weighted by Crippen LogP contribution is -2.47. The SMILES string of the molecule is C[C@@]1(CC2CCC(n3c(=O)c(C(=N)N)c(O)n(CCCC(F)(F)F)c3=O)CC2)NC(=O)NC1=O. The van der Waals surface area contributed by atoms with Crippen LogP contribution in [0.15, 0.2) is 9.59 Å². The van der Waals surface area contributed by atoms with E-state index in [1.807, 2.05) is 0 Å². The van der Waals surface area contributed by atoms with Gasteiger partial charge in [0.1, 0.15) is 16.9 Å². The minimum Gasteiger partial charge on any atom is -0.494 e. The smallest absolute Gasteiger partial charge is 0.389 e. The third-order valence-electron chi connectivity index (χ3n) is 6.46. The van der Waals surface area contributed by atoms with Gasteiger partial charge in [-0.05, 0) is 51.4 Å². The molecule has 2 fully saturated rings. The number of hydrogen-bond acceptors (Lipinski definition) is 6. The van der Waals surface area contributed by atoms with Gasteiger partial charge in [0, 0.05) is 19.0 Å². The molecule has 0 unspecified atom stereocenters. The van der Waals surface area contributed by atoms with Crippen molar-refractivity contribution in [2.24, 2.45) is 11.7 Å². The Morgan fingerprint density at radius 3 is 2.32 bits per heavy atom. The first-order valence-electron chi connectivity index (χ1n) is 10.9. The van der Waals surface area contributed by atoms with Gasteiger partial charge in [0.05, 0.1) is 0 Å². The molecule has 2 heterocycles. The third-order valence-corrected chi connectivity index (χ3v) is 6.46. The number of amides is 3. The number of carbonyl (C=O) groups excluding carboxylic acids is 2. The average molecular weight is 488 g/mol. The first-order valence-corrected chi connectivity index (χ1v) is 10.9. The first-order chi connectivity index (χ1) is 15.7. The van der Waals surface area contributed by atoms with E-state index in [2.05, 4.69) is 10.6 Å². The summed E-state index contributed by atoms with van der Waals surface area (Å²) >= 11 is 0. The molecule has 3 amide bonds. The van der Waals surface area contributed by atoms with Crippen LogP contribution in [0.25, 0.3) is 0 Å². The van der Waals surface area contributed by atoms with Crippen LogP contribution in [0.3, 0.4) is 0 Å². The van der Waals surface area contributed by atoms with Gasteiger partial charge in [-0.3, -0.25) is 29.4 Å². The second-order valence-electron chi connectivity index (χ2n) is 9.06. The number of halogens is 3. The lowest BCUT2D eigenvalue weighted by molar-refractivity contribution is -0.136. The number of hydrogen-bond donors (Lipinski definition) is 5. The van der Waals surface area contributed by atoms with Gasteiger partial charge < -0.3 is 16.2 Å². The lowest BCUT2D eigenvalue weighted by atomic mass is 9.78. The number of nitrogens with one attached hydrogen (secondary N) is 3. The van der Waals surface area contributed by atoms with Crippen LogP contribution in [0.1, 0.15) is 63.5 Å². The molecular weight excluding hydrogens is 461 g/mol. The number of alkyl halides is 3. The average Bonchev–Trinajstić information content (AvgIpc) is 2.95. The van der Waals surface area contributed by atoms with Gasteiger partial charge in [0.2, 0.25) is 5.88 Å². The summed E-state index contributed by atoms with van der Waals surface area (Å²) in [6.45, 7) is 1.11. The summed E-state index contributed by atoms with van der Waals surface area (Å²) in [4.78, 5) is 49.5. The van der Waals surface area contributed by atoms with Gasteiger partial charge in [-0.15, -0.1) is 0 Å². The van der Waals surface area contributed by atoms with Crippen LogP contribution in [0, 0.1) is 11.3 Å². The predicted molar refractivity (Wildman–Crippen MR) is 114 cm³/mol. The van der Waals surface area contributed by atoms with Crippen molar-refractivity contribution in [2.75, 3.05) is 0 Å². The first kappa shape index (κ1) is 25.3. The van der Waals surface area contributed by atoms with Gasteiger partial charge in [0.15, 0.2) is 0 Å². The summed E-state index contributed by atoms with van der Waals surface area (Å²) < 4.78 is 39.1. The van der Waals surface area contributed by atoms with Crippen molar-refractivity contribution >= 4 is 17.8 Å². The molecular formula is C20H27F3N6O5. The molecule has 14 heteroatoms. The van der Waals surface area contributed by atoms with Crippen LogP contribution in [0.2, 0.25) is 0 Å². The highest BCUT2D eigenvalue weighted by atomic mass is 19.4. The van der Waals surface area contributed by atoms with Crippen molar-refractivity contribution in [1.82, 2.24) is 19.8 Å². The Hall–Kier alpha value is -3.32. The molecule has 1 saturated carbocycles. The molecule has 0 bridgehead atoms. The fourth-order valence-corrected chi connectivity index (χ4v) is 4.76. The van der Waals surface area contributed by atoms with E-state index < -0.39 is 77.6 Å². The molecule has 6 N–H and O–H groups in total. The summed E-state index contributed by atoms with van der Waals surface area (Å²) in [6, 6.07) is -1.19. The van der Waals surface area contributed by atoms with Crippen molar-refractivity contribution < 1.29 is 27.9 Å². The third kappa shape index (κ3) is 5.09. The summed E-state index contributed by atoms with van der Waals surface area (Å²) in [5.74, 6) is -2.14. The Morgan fingerprint density at radius 2 is 1.82 bits per heavy atom. The van der Waals surface area contributed by atoms with Crippen LogP contribution in [0.5, 0.6) is 5.88 Å². The number of nitrogens with two attached hydrogens (primary N) is 1. The van der Waals surface area contributed by atoms with Crippen molar-refractivity contribution in [3.05, 3.63) is 26.4 Å². The second-order valence-corrected chi connectivity index (χ2v) is 9.06. The Balaban J connectivity index is 1.83. The van der Waals surface area contributed by atoms with E-state index in [1.54, 1.807) is 6.92 Å². The fraction of sp³-hybridized carbons (Fsp3) is 0.650. The molecule has 34 heavy (non-hydrogen) atoms. The zero-order chi connectivity index (χ0) is 25.4. The maximum absolute atomic E-state index is 13.0. The van der Waals surface area contributed by atoms with Gasteiger partial charge in [0.25, 0.3) is 11.5 Å². The van der Waals surface area contributed by atoms with E-state index in [9.17, 15) is 37.5 Å². The number of aromatic nitrogens is 2. The molecule has 0 radical (unpaired) electrons. The van der Waals surface area contributed by atoms with E-state index in [0.717, 1.165) is 4.57 Å². The fourth-order valence-electron chi connectivity index (χ4n) is 4.76. The molecule has 1 aliphatic carbocycles. The summed E-state index contributed by atoms with van der Waals surface area (Å²) in [5, 5.41) is 22.7. The molecule has 1 atom stereocenters. The Labute approximate surface area is 191 Å². The van der Waals surface area contributed by atoms with Crippen molar-refractivity contribution in [3.63, 3.8) is 0 Å². The van der Waals surface area contributed by atoms with E-state index >= 15 is 0 Å². The van der Waals surface area contributed by atoms with E-state index in [0.29, 0.717) is 36.7 Å². The maximum Gasteiger partial charge on any atom is 0.389 e. The molecule has 1 aliphatic heterocycles. The second kappa shape index (κ2) is 9.14. The molecule has 3 rings (SSSR count). The van der Waals surface area contributed by atoms with Gasteiger partial charge >= 0.3 is 17.9 Å². The summed E-state index contributed by atoms with van der Waals surface area (Å²) in [6.07, 6.45) is -4.08. The zero-order valence-corrected chi connectivity index (χ0v) is 18.5. The molecule has 0 spiro atoms. The lowest BCUT2D eigenvalue weighted by Gasteiger charge is -2.33. The number of rotatable bonds is 7. The van der Waals surface area contributed by atoms with Crippen LogP contribution >= 0.6 is 0 Å². The number of urea groups is 1. The molecule has 188 valence electrons. The minimum absolute atomic E-state index is 0.0134. The maximum atomic E-state index is 13.0. The number of nitrogen functional groups attached to an aromatic ring is 1. The summed E-state index contributed by atoms with van der Waals surface area (Å²) in [5.41, 5.74) is 1.80. The minimum atomic E-state index is -4.46. The van der Waals surface area contributed by atoms with Crippen molar-refractivity contribution in [2.45, 2.75) is 76.2 Å². The predicted octanol–water partition coefficient (Wildman–Crippen LogP) is 1.06. The molecule has 2 aliphatic rings. The molecule has 1 saturated heterocycles. The van der Waals surface area contributed by atoms with Crippen molar-refractivity contribution in [1.29, 1.82) is 5.41 Å². The summed E-state index contributed by atoms with van der Waals surface area (Å²) in [7, 11) is 0. The number of imide groups is 1. The number of nitrogens with zero attached hydrogens (tertiary/aromatic N) is 2. The molecule has 1 aromatic rings. The van der Waals surface area contributed by atoms with Gasteiger partial charge in [-0.2, -0.15) is 13.2 Å². The zero-order valence-electron chi connectivity index (χ0n) is 18.5. The Bertz CT molecular complexity index is 1120. The van der Waals surface area contributed by atoms with Crippen LogP contribution in [-0.4, -0.2) is 43.7 Å². The highest BCUT2D eigenvalue weighted by molar-refractivity contribution is 6.06. The quantitative estimate of drug-likeness (QED) is 0.218. The molecule has 0 aromatic carbocycles. The Kier molecular flexibility index (Phi) is 6.80. The number of carbonyl (C=O) groups is 2. The Morgan fingerprint density at radius 1 is 1.21 bits per heavy atom. The van der Waals surface area contributed by atoms with E-state index in [1.165, 1.54) is 0 Å². The molecule has 1 aromatic heterocycles. The number of amidine groups is 1. The number of aromatic hydroxyl groups is 1. The monoisotopic (exact) mass is 488 g/mol. The highest BCUT2D eigenvalue weighted by Gasteiger charge is 2.44. The topological polar surface area (TPSA) is 172 Å². The normalized spacial score (nSPS) is 25.2. The van der Waals surface area contributed by atoms with Crippen LogP contribution in [0.4, 0.5) is 18.0 Å². The highest BCUT2D eigenvalue weighted by Crippen LogP contribution is 2.36. The van der Waals surface area contributed by atoms with Crippen LogP contribution in [-0.2, 0) is 11.3 Å². The standard InChI is InChI=1S/C20H27F3N6O5/c1-19(16(32)26-17(33)27-19)9-10-3-5-11(6-4-10)29-15(31)12(13(24)25)14(30)28(18(29)34)8-2-7-20(21,22)23/h10-11,30H,2-9H2,1H3,(H3,24,25)(H2,26,27,32,33)/t10?,11?,19-/m0/s1. The van der Waals surface area contributed by atoms with Gasteiger partial charge in [-0.1, -0.05) is 0 Å².